The van der Waals surface area contributed by atoms with E-state index in [1.54, 1.807) is 0 Å². The zero-order valence-corrected chi connectivity index (χ0v) is 20.0. The van der Waals surface area contributed by atoms with E-state index >= 15 is 0 Å². The summed E-state index contributed by atoms with van der Waals surface area (Å²) in [7, 11) is 0. The maximum absolute atomic E-state index is 13.1. The predicted octanol–water partition coefficient (Wildman–Crippen LogP) is 6.02. The van der Waals surface area contributed by atoms with Crippen LogP contribution >= 0.6 is 23.2 Å². The van der Waals surface area contributed by atoms with E-state index < -0.39 is 5.60 Å². The molecular weight excluding hydrogens is 431 g/mol. The normalized spacial score (nSPS) is 17.2. The number of halogens is 2. The lowest BCUT2D eigenvalue weighted by atomic mass is 9.86. The van der Waals surface area contributed by atoms with Crippen LogP contribution in [-0.2, 0) is 16.1 Å². The Kier molecular flexibility index (Phi) is 8.40. The molecule has 1 saturated heterocycles. The van der Waals surface area contributed by atoms with E-state index in [1.165, 1.54) is 6.42 Å². The second-order valence-electron chi connectivity index (χ2n) is 8.84. The Morgan fingerprint density at radius 3 is 2.13 bits per heavy atom. The van der Waals surface area contributed by atoms with Gasteiger partial charge in [0.05, 0.1) is 0 Å². The van der Waals surface area contributed by atoms with E-state index in [0.717, 1.165) is 43.5 Å². The van der Waals surface area contributed by atoms with E-state index in [-0.39, 0.29) is 17.9 Å². The number of hydrogen-bond donors (Lipinski definition) is 1. The number of piperidine rings is 1. The van der Waals surface area contributed by atoms with Gasteiger partial charge in [0, 0.05) is 35.1 Å². The van der Waals surface area contributed by atoms with E-state index in [9.17, 15) is 4.79 Å². The summed E-state index contributed by atoms with van der Waals surface area (Å²) in [6, 6.07) is 15.6. The molecule has 6 heteroatoms. The molecule has 1 aliphatic heterocycles. The molecule has 0 aliphatic carbocycles. The van der Waals surface area contributed by atoms with E-state index in [0.29, 0.717) is 10.0 Å². The van der Waals surface area contributed by atoms with Gasteiger partial charge in [0.15, 0.2) is 5.60 Å². The van der Waals surface area contributed by atoms with Crippen molar-refractivity contribution < 1.29 is 9.63 Å². The first-order chi connectivity index (χ1) is 14.7. The van der Waals surface area contributed by atoms with Gasteiger partial charge in [-0.15, -0.1) is 0 Å². The van der Waals surface area contributed by atoms with Gasteiger partial charge in [-0.25, -0.2) is 0 Å². The predicted molar refractivity (Wildman–Crippen MR) is 128 cm³/mol. The summed E-state index contributed by atoms with van der Waals surface area (Å²) >= 11 is 12.2. The van der Waals surface area contributed by atoms with Gasteiger partial charge in [0.25, 0.3) is 5.91 Å². The van der Waals surface area contributed by atoms with Gasteiger partial charge in [-0.1, -0.05) is 53.9 Å². The van der Waals surface area contributed by atoms with E-state index in [2.05, 4.69) is 5.32 Å². The standard InChI is InChI=1S/C25H32Cl2N2O2/c1-18(28-24(30)25(2,3)31-29-15-5-4-6-16-29)23(20-9-13-22(27)14-10-20)17-19-7-11-21(26)12-8-19/h7-14,18,23H,4-6,15-17H2,1-3H3,(H,28,30). The van der Waals surface area contributed by atoms with Crippen molar-refractivity contribution in [3.63, 3.8) is 0 Å². The molecule has 4 nitrogen and oxygen atoms in total. The molecule has 0 spiro atoms. The molecule has 1 N–H and O–H groups in total. The summed E-state index contributed by atoms with van der Waals surface area (Å²) in [4.78, 5) is 19.2. The Hall–Kier alpha value is -1.59. The van der Waals surface area contributed by atoms with Crippen LogP contribution in [0.4, 0.5) is 0 Å². The number of hydroxylamine groups is 2. The van der Waals surface area contributed by atoms with E-state index in [1.807, 2.05) is 74.4 Å². The van der Waals surface area contributed by atoms with Gasteiger partial charge in [-0.2, -0.15) is 5.06 Å². The Balaban J connectivity index is 1.73. The van der Waals surface area contributed by atoms with Gasteiger partial charge >= 0.3 is 0 Å². The number of nitrogens with zero attached hydrogens (tertiary/aromatic N) is 1. The van der Waals surface area contributed by atoms with Crippen molar-refractivity contribution in [2.75, 3.05) is 13.1 Å². The second-order valence-corrected chi connectivity index (χ2v) is 9.71. The molecule has 0 radical (unpaired) electrons. The lowest BCUT2D eigenvalue weighted by Crippen LogP contribution is -2.52. The zero-order chi connectivity index (χ0) is 22.4. The first-order valence-electron chi connectivity index (χ1n) is 11.0. The zero-order valence-electron chi connectivity index (χ0n) is 18.5. The van der Waals surface area contributed by atoms with E-state index in [4.69, 9.17) is 28.0 Å². The van der Waals surface area contributed by atoms with Crippen LogP contribution in [0.1, 0.15) is 57.1 Å². The lowest BCUT2D eigenvalue weighted by molar-refractivity contribution is -0.237. The van der Waals surface area contributed by atoms with Crippen LogP contribution in [-0.4, -0.2) is 35.7 Å². The van der Waals surface area contributed by atoms with Crippen LogP contribution in [0, 0.1) is 0 Å². The van der Waals surface area contributed by atoms with Crippen molar-refractivity contribution in [1.29, 1.82) is 0 Å². The number of hydrogen-bond acceptors (Lipinski definition) is 3. The van der Waals surface area contributed by atoms with Gasteiger partial charge < -0.3 is 5.32 Å². The summed E-state index contributed by atoms with van der Waals surface area (Å²) < 4.78 is 0. The molecule has 1 fully saturated rings. The molecule has 2 aromatic carbocycles. The molecule has 168 valence electrons. The molecule has 0 aromatic heterocycles. The minimum atomic E-state index is -0.934. The van der Waals surface area contributed by atoms with Crippen LogP contribution in [0.2, 0.25) is 10.0 Å². The molecule has 1 heterocycles. The molecule has 2 atom stereocenters. The van der Waals surface area contributed by atoms with Crippen molar-refractivity contribution in [3.05, 3.63) is 69.7 Å². The summed E-state index contributed by atoms with van der Waals surface area (Å²) in [5.74, 6) is -0.0335. The monoisotopic (exact) mass is 462 g/mol. The van der Waals surface area contributed by atoms with Gasteiger partial charge in [0.1, 0.15) is 0 Å². The first-order valence-corrected chi connectivity index (χ1v) is 11.7. The van der Waals surface area contributed by atoms with Crippen molar-refractivity contribution in [2.45, 2.75) is 64.0 Å². The minimum absolute atomic E-state index is 0.0770. The third kappa shape index (κ3) is 6.95. The van der Waals surface area contributed by atoms with Crippen molar-refractivity contribution >= 4 is 29.1 Å². The maximum Gasteiger partial charge on any atom is 0.254 e. The fraction of sp³-hybridized carbons (Fsp3) is 0.480. The average Bonchev–Trinajstić information content (AvgIpc) is 2.74. The number of benzene rings is 2. The molecule has 0 bridgehead atoms. The Morgan fingerprint density at radius 1 is 1.00 bits per heavy atom. The number of nitrogens with one attached hydrogen (secondary N) is 1. The highest BCUT2D eigenvalue weighted by molar-refractivity contribution is 6.30. The molecule has 2 unspecified atom stereocenters. The second kappa shape index (κ2) is 10.8. The number of carbonyl (C=O) groups is 1. The first kappa shape index (κ1) is 24.1. The highest BCUT2D eigenvalue weighted by Gasteiger charge is 2.34. The largest absolute Gasteiger partial charge is 0.350 e. The number of rotatable bonds is 8. The number of amides is 1. The summed E-state index contributed by atoms with van der Waals surface area (Å²) in [6.07, 6.45) is 4.20. The Bertz CT molecular complexity index is 847. The van der Waals surface area contributed by atoms with Crippen LogP contribution in [0.5, 0.6) is 0 Å². The molecule has 3 rings (SSSR count). The lowest BCUT2D eigenvalue weighted by Gasteiger charge is -2.35. The molecule has 2 aromatic rings. The molecule has 1 amide bonds. The molecule has 0 saturated carbocycles. The highest BCUT2D eigenvalue weighted by Crippen LogP contribution is 2.27. The fourth-order valence-electron chi connectivity index (χ4n) is 3.97. The summed E-state index contributed by atoms with van der Waals surface area (Å²) in [5, 5.41) is 6.54. The quantitative estimate of drug-likeness (QED) is 0.521. The topological polar surface area (TPSA) is 41.6 Å². The summed E-state index contributed by atoms with van der Waals surface area (Å²) in [5.41, 5.74) is 1.35. The van der Waals surface area contributed by atoms with Crippen LogP contribution < -0.4 is 5.32 Å². The van der Waals surface area contributed by atoms with Gasteiger partial charge in [-0.3, -0.25) is 9.63 Å². The summed E-state index contributed by atoms with van der Waals surface area (Å²) in [6.45, 7) is 7.46. The minimum Gasteiger partial charge on any atom is -0.350 e. The smallest absolute Gasteiger partial charge is 0.254 e. The molecule has 31 heavy (non-hydrogen) atoms. The van der Waals surface area contributed by atoms with Gasteiger partial charge in [-0.05, 0) is 75.4 Å². The average molecular weight is 463 g/mol. The highest BCUT2D eigenvalue weighted by atomic mass is 35.5. The van der Waals surface area contributed by atoms with Gasteiger partial charge in [0.2, 0.25) is 0 Å². The fourth-order valence-corrected chi connectivity index (χ4v) is 4.22. The van der Waals surface area contributed by atoms with Crippen LogP contribution in [0.15, 0.2) is 48.5 Å². The third-order valence-corrected chi connectivity index (χ3v) is 6.35. The Labute approximate surface area is 195 Å². The molecular formula is C25H32Cl2N2O2. The third-order valence-electron chi connectivity index (χ3n) is 5.85. The van der Waals surface area contributed by atoms with Crippen molar-refractivity contribution in [2.24, 2.45) is 0 Å². The molecule has 1 aliphatic rings. The number of carbonyl (C=O) groups excluding carboxylic acids is 1. The van der Waals surface area contributed by atoms with Crippen molar-refractivity contribution in [1.82, 2.24) is 10.4 Å². The maximum atomic E-state index is 13.1. The SMILES string of the molecule is CC(NC(=O)C(C)(C)ON1CCCCC1)C(Cc1ccc(Cl)cc1)c1ccc(Cl)cc1. The van der Waals surface area contributed by atoms with Crippen LogP contribution in [0.3, 0.4) is 0 Å². The van der Waals surface area contributed by atoms with Crippen LogP contribution in [0.25, 0.3) is 0 Å². The Morgan fingerprint density at radius 2 is 1.55 bits per heavy atom. The van der Waals surface area contributed by atoms with Crippen molar-refractivity contribution in [3.8, 4) is 0 Å².